The predicted octanol–water partition coefficient (Wildman–Crippen LogP) is 7.67. The molecule has 0 aliphatic carbocycles. The second-order valence-corrected chi connectivity index (χ2v) is 10.7. The van der Waals surface area contributed by atoms with E-state index in [0.29, 0.717) is 43.2 Å². The maximum absolute atomic E-state index is 13.7. The first kappa shape index (κ1) is 35.2. The molecule has 0 fully saturated rings. The number of rotatable bonds is 19. The second kappa shape index (κ2) is 17.8. The Labute approximate surface area is 253 Å². The third kappa shape index (κ3) is 10.0. The van der Waals surface area contributed by atoms with Crippen LogP contribution < -0.4 is 4.74 Å². The van der Waals surface area contributed by atoms with E-state index in [-0.39, 0.29) is 31.7 Å². The molecule has 0 radical (unpaired) electrons. The number of carbonyl (C=O) groups is 5. The van der Waals surface area contributed by atoms with Crippen LogP contribution in [0.25, 0.3) is 0 Å². The van der Waals surface area contributed by atoms with Gasteiger partial charge in [0, 0.05) is 24.8 Å². The summed E-state index contributed by atoms with van der Waals surface area (Å²) in [4.78, 5) is 65.3. The lowest BCUT2D eigenvalue weighted by Gasteiger charge is -2.20. The Bertz CT molecular complexity index is 1310. The number of aromatic hydroxyl groups is 2. The SMILES string of the molecule is CCCCCC(=O)Oc1c(O)c(O)c(C(=O)CCCCC)c(C(=O)OCc2cccc(C(C)=O)c2)c1C(=O)CCCCC. The van der Waals surface area contributed by atoms with Crippen molar-refractivity contribution in [2.45, 2.75) is 111 Å². The molecule has 2 aromatic carbocycles. The number of benzene rings is 2. The fourth-order valence-corrected chi connectivity index (χ4v) is 4.65. The highest BCUT2D eigenvalue weighted by atomic mass is 16.5. The summed E-state index contributed by atoms with van der Waals surface area (Å²) in [5.41, 5.74) is -0.653. The summed E-state index contributed by atoms with van der Waals surface area (Å²) in [5.74, 6) is -5.89. The van der Waals surface area contributed by atoms with Crippen molar-refractivity contribution in [3.05, 3.63) is 52.1 Å². The molecule has 0 heterocycles. The van der Waals surface area contributed by atoms with Crippen LogP contribution in [-0.2, 0) is 16.1 Å². The quantitative estimate of drug-likeness (QED) is 0.0548. The van der Waals surface area contributed by atoms with Gasteiger partial charge in [0.05, 0.1) is 16.7 Å². The van der Waals surface area contributed by atoms with Gasteiger partial charge in [-0.3, -0.25) is 19.2 Å². The number of ketones is 3. The van der Waals surface area contributed by atoms with E-state index in [9.17, 15) is 34.2 Å². The summed E-state index contributed by atoms with van der Waals surface area (Å²) in [7, 11) is 0. The molecule has 234 valence electrons. The number of hydrogen-bond acceptors (Lipinski definition) is 9. The molecule has 9 heteroatoms. The standard InChI is InChI=1S/C34H44O9/c1-5-8-11-17-25(36)28-30(34(41)42-21-23-15-14-16-24(20-23)22(4)35)29(26(37)18-12-9-6-2)33(32(40)31(28)39)43-27(38)19-13-10-7-3/h14-16,20,39-40H,5-13,17-19,21H2,1-4H3. The molecule has 0 saturated carbocycles. The van der Waals surface area contributed by atoms with Crippen LogP contribution in [0.2, 0.25) is 0 Å². The molecule has 0 amide bonds. The maximum Gasteiger partial charge on any atom is 0.340 e. The largest absolute Gasteiger partial charge is 0.504 e. The third-order valence-corrected chi connectivity index (χ3v) is 7.08. The van der Waals surface area contributed by atoms with Crippen LogP contribution in [0.5, 0.6) is 17.2 Å². The Hall–Kier alpha value is -4.01. The molecule has 2 aromatic rings. The average Bonchev–Trinajstić information content (AvgIpc) is 2.98. The van der Waals surface area contributed by atoms with Gasteiger partial charge in [-0.2, -0.15) is 0 Å². The summed E-state index contributed by atoms with van der Waals surface area (Å²) in [6.45, 7) is 6.97. The van der Waals surface area contributed by atoms with Gasteiger partial charge in [-0.25, -0.2) is 4.79 Å². The van der Waals surface area contributed by atoms with Crippen molar-refractivity contribution in [1.29, 1.82) is 0 Å². The first-order chi connectivity index (χ1) is 20.6. The Kier molecular flexibility index (Phi) is 14.6. The number of ether oxygens (including phenoxy) is 2. The maximum atomic E-state index is 13.7. The monoisotopic (exact) mass is 596 g/mol. The number of esters is 2. The van der Waals surface area contributed by atoms with E-state index in [1.807, 2.05) is 20.8 Å². The van der Waals surface area contributed by atoms with Gasteiger partial charge in [0.25, 0.3) is 0 Å². The van der Waals surface area contributed by atoms with Crippen molar-refractivity contribution in [2.75, 3.05) is 0 Å². The Morgan fingerprint density at radius 3 is 1.81 bits per heavy atom. The third-order valence-electron chi connectivity index (χ3n) is 7.08. The van der Waals surface area contributed by atoms with Gasteiger partial charge in [-0.1, -0.05) is 77.5 Å². The molecular formula is C34H44O9. The van der Waals surface area contributed by atoms with Crippen LogP contribution >= 0.6 is 0 Å². The summed E-state index contributed by atoms with van der Waals surface area (Å²) >= 11 is 0. The number of phenols is 2. The predicted molar refractivity (Wildman–Crippen MR) is 162 cm³/mol. The second-order valence-electron chi connectivity index (χ2n) is 10.7. The van der Waals surface area contributed by atoms with Crippen molar-refractivity contribution >= 4 is 29.3 Å². The van der Waals surface area contributed by atoms with Gasteiger partial charge in [-0.05, 0) is 37.8 Å². The highest BCUT2D eigenvalue weighted by Crippen LogP contribution is 2.46. The summed E-state index contributed by atoms with van der Waals surface area (Å²) in [5, 5.41) is 22.0. The van der Waals surface area contributed by atoms with Gasteiger partial charge in [0.1, 0.15) is 6.61 Å². The fourth-order valence-electron chi connectivity index (χ4n) is 4.65. The molecule has 2 N–H and O–H groups in total. The smallest absolute Gasteiger partial charge is 0.340 e. The van der Waals surface area contributed by atoms with Gasteiger partial charge in [0.2, 0.25) is 5.75 Å². The number of Topliss-reactive ketones (excluding diaryl/α,β-unsaturated/α-hetero) is 3. The van der Waals surface area contributed by atoms with E-state index < -0.39 is 57.4 Å². The topological polar surface area (TPSA) is 144 Å². The van der Waals surface area contributed by atoms with Crippen molar-refractivity contribution < 1.29 is 43.7 Å². The molecule has 0 atom stereocenters. The molecule has 0 saturated heterocycles. The highest BCUT2D eigenvalue weighted by molar-refractivity contribution is 6.17. The number of carbonyl (C=O) groups excluding carboxylic acids is 5. The Morgan fingerprint density at radius 2 is 1.26 bits per heavy atom. The van der Waals surface area contributed by atoms with Gasteiger partial charge < -0.3 is 19.7 Å². The first-order valence-electron chi connectivity index (χ1n) is 15.2. The molecule has 0 aromatic heterocycles. The molecule has 0 bridgehead atoms. The van der Waals surface area contributed by atoms with Crippen molar-refractivity contribution in [2.24, 2.45) is 0 Å². The number of hydrogen-bond donors (Lipinski definition) is 2. The zero-order valence-corrected chi connectivity index (χ0v) is 25.8. The lowest BCUT2D eigenvalue weighted by molar-refractivity contribution is -0.134. The number of phenolic OH excluding ortho intramolecular Hbond substituents is 2. The van der Waals surface area contributed by atoms with Crippen LogP contribution in [0.4, 0.5) is 0 Å². The summed E-state index contributed by atoms with van der Waals surface area (Å²) < 4.78 is 11.0. The van der Waals surface area contributed by atoms with E-state index in [1.165, 1.54) is 6.92 Å². The van der Waals surface area contributed by atoms with Crippen LogP contribution in [-0.4, -0.2) is 39.5 Å². The lowest BCUT2D eigenvalue weighted by atomic mass is 9.89. The van der Waals surface area contributed by atoms with Gasteiger partial charge >= 0.3 is 11.9 Å². The molecule has 9 nitrogen and oxygen atoms in total. The zero-order chi connectivity index (χ0) is 31.9. The molecule has 0 aliphatic heterocycles. The minimum absolute atomic E-state index is 0.0124. The van der Waals surface area contributed by atoms with Crippen LogP contribution in [0.15, 0.2) is 24.3 Å². The van der Waals surface area contributed by atoms with E-state index >= 15 is 0 Å². The lowest BCUT2D eigenvalue weighted by Crippen LogP contribution is -2.21. The van der Waals surface area contributed by atoms with Crippen molar-refractivity contribution in [1.82, 2.24) is 0 Å². The minimum Gasteiger partial charge on any atom is -0.504 e. The van der Waals surface area contributed by atoms with Crippen molar-refractivity contribution in [3.63, 3.8) is 0 Å². The minimum atomic E-state index is -1.11. The molecule has 0 aliphatic rings. The molecule has 0 spiro atoms. The molecule has 43 heavy (non-hydrogen) atoms. The first-order valence-corrected chi connectivity index (χ1v) is 15.2. The van der Waals surface area contributed by atoms with E-state index in [4.69, 9.17) is 9.47 Å². The van der Waals surface area contributed by atoms with Crippen LogP contribution in [0, 0.1) is 0 Å². The Balaban J connectivity index is 2.70. The number of unbranched alkanes of at least 4 members (excludes halogenated alkanes) is 6. The molecular weight excluding hydrogens is 552 g/mol. The summed E-state index contributed by atoms with van der Waals surface area (Å²) in [6.07, 6.45) is 5.93. The zero-order valence-electron chi connectivity index (χ0n) is 25.8. The molecule has 2 rings (SSSR count). The Morgan fingerprint density at radius 1 is 0.698 bits per heavy atom. The van der Waals surface area contributed by atoms with Gasteiger partial charge in [-0.15, -0.1) is 0 Å². The van der Waals surface area contributed by atoms with Crippen LogP contribution in [0.3, 0.4) is 0 Å². The molecule has 0 unspecified atom stereocenters. The van der Waals surface area contributed by atoms with Gasteiger partial charge in [0.15, 0.2) is 28.8 Å². The summed E-state index contributed by atoms with van der Waals surface area (Å²) in [6, 6.07) is 6.45. The van der Waals surface area contributed by atoms with E-state index in [1.54, 1.807) is 24.3 Å². The highest BCUT2D eigenvalue weighted by Gasteiger charge is 2.36. The van der Waals surface area contributed by atoms with E-state index in [0.717, 1.165) is 25.7 Å². The normalized spacial score (nSPS) is 10.8. The van der Waals surface area contributed by atoms with Crippen molar-refractivity contribution in [3.8, 4) is 17.2 Å². The fraction of sp³-hybridized carbons (Fsp3) is 0.500. The average molecular weight is 597 g/mol. The van der Waals surface area contributed by atoms with Crippen LogP contribution in [0.1, 0.15) is 152 Å². The van der Waals surface area contributed by atoms with E-state index in [2.05, 4.69) is 0 Å².